The molecule has 0 bridgehead atoms. The van der Waals surface area contributed by atoms with Crippen LogP contribution in [-0.4, -0.2) is 61.3 Å². The lowest BCUT2D eigenvalue weighted by Crippen LogP contribution is -2.51. The van der Waals surface area contributed by atoms with Gasteiger partial charge in [0.1, 0.15) is 4.90 Å². The van der Waals surface area contributed by atoms with Crippen molar-refractivity contribution in [3.8, 4) is 0 Å². The average molecular weight is 465 g/mol. The minimum atomic E-state index is -3.82. The second kappa shape index (κ2) is 8.76. The Hall–Kier alpha value is -2.97. The second-order valence-corrected chi connectivity index (χ2v) is 10.6. The summed E-state index contributed by atoms with van der Waals surface area (Å²) in [5.74, 6) is 0.814. The van der Waals surface area contributed by atoms with Crippen LogP contribution >= 0.6 is 0 Å². The van der Waals surface area contributed by atoms with E-state index >= 15 is 0 Å². The topological polar surface area (TPSA) is 82.6 Å². The highest BCUT2D eigenvalue weighted by Gasteiger charge is 2.34. The monoisotopic (exact) mass is 464 g/mol. The van der Waals surface area contributed by atoms with Crippen LogP contribution in [0, 0.1) is 5.92 Å². The number of hydrogen-bond acceptors (Lipinski definition) is 5. The van der Waals surface area contributed by atoms with E-state index in [0.717, 1.165) is 37.5 Å². The molecule has 8 heteroatoms. The Kier molecular flexibility index (Phi) is 5.80. The lowest BCUT2D eigenvalue weighted by atomic mass is 10.1. The molecule has 1 saturated carbocycles. The molecule has 1 amide bonds. The van der Waals surface area contributed by atoms with Crippen LogP contribution in [0.25, 0.3) is 10.9 Å². The third kappa shape index (κ3) is 4.58. The number of carbonyl (C=O) groups excluding carboxylic acids is 1. The van der Waals surface area contributed by atoms with E-state index in [2.05, 4.69) is 21.5 Å². The van der Waals surface area contributed by atoms with Crippen molar-refractivity contribution in [3.63, 3.8) is 0 Å². The van der Waals surface area contributed by atoms with Crippen molar-refractivity contribution < 1.29 is 13.2 Å². The first-order valence-corrected chi connectivity index (χ1v) is 12.9. The predicted molar refractivity (Wildman–Crippen MR) is 129 cm³/mol. The van der Waals surface area contributed by atoms with E-state index in [1.54, 1.807) is 48.7 Å². The number of aromatic nitrogens is 1. The van der Waals surface area contributed by atoms with Crippen LogP contribution in [0.15, 0.2) is 65.7 Å². The summed E-state index contributed by atoms with van der Waals surface area (Å²) in [4.78, 5) is 21.7. The van der Waals surface area contributed by atoms with Crippen molar-refractivity contribution in [3.05, 3.63) is 66.4 Å². The Morgan fingerprint density at radius 2 is 1.70 bits per heavy atom. The van der Waals surface area contributed by atoms with Gasteiger partial charge in [-0.1, -0.05) is 18.2 Å². The minimum absolute atomic E-state index is 0.0126. The zero-order valence-corrected chi connectivity index (χ0v) is 19.5. The first-order chi connectivity index (χ1) is 15.9. The minimum Gasteiger partial charge on any atom is -0.336 e. The molecule has 0 spiro atoms. The van der Waals surface area contributed by atoms with Gasteiger partial charge in [-0.25, -0.2) is 8.42 Å². The standard InChI is InChI=1S/C25H28N4O3S/c1-18(19-7-8-19)28-14-16-29(17-15-28)25(30)21-9-11-22(12-10-21)27-33(31,32)23-6-2-4-20-5-3-13-26-24(20)23/h2-6,9-13,18-19,27H,7-8,14-17H2,1H3. The number of rotatable bonds is 6. The van der Waals surface area contributed by atoms with Gasteiger partial charge in [-0.15, -0.1) is 0 Å². The van der Waals surface area contributed by atoms with Crippen LogP contribution < -0.4 is 4.72 Å². The van der Waals surface area contributed by atoms with Crippen LogP contribution in [0.1, 0.15) is 30.1 Å². The zero-order chi connectivity index (χ0) is 23.0. The Labute approximate surface area is 194 Å². The third-order valence-electron chi connectivity index (χ3n) is 6.75. The van der Waals surface area contributed by atoms with E-state index in [0.29, 0.717) is 22.8 Å². The SMILES string of the molecule is CC(C1CC1)N1CCN(C(=O)c2ccc(NS(=O)(=O)c3cccc4cccnc34)cc2)CC1. The Bertz CT molecular complexity index is 1260. The largest absolute Gasteiger partial charge is 0.336 e. The molecule has 172 valence electrons. The molecule has 2 fully saturated rings. The van der Waals surface area contributed by atoms with E-state index in [1.165, 1.54) is 12.8 Å². The molecule has 1 aliphatic carbocycles. The second-order valence-electron chi connectivity index (χ2n) is 8.92. The number of amides is 1. The number of hydrogen-bond donors (Lipinski definition) is 1. The van der Waals surface area contributed by atoms with Crippen molar-refractivity contribution in [1.82, 2.24) is 14.8 Å². The van der Waals surface area contributed by atoms with Gasteiger partial charge in [0.25, 0.3) is 15.9 Å². The van der Waals surface area contributed by atoms with Gasteiger partial charge in [0.2, 0.25) is 0 Å². The lowest BCUT2D eigenvalue weighted by molar-refractivity contribution is 0.0564. The number of para-hydroxylation sites is 1. The van der Waals surface area contributed by atoms with Crippen LogP contribution in [0.2, 0.25) is 0 Å². The van der Waals surface area contributed by atoms with Gasteiger partial charge >= 0.3 is 0 Å². The van der Waals surface area contributed by atoms with Gasteiger partial charge in [0.15, 0.2) is 0 Å². The zero-order valence-electron chi connectivity index (χ0n) is 18.6. The van der Waals surface area contributed by atoms with Crippen molar-refractivity contribution in [2.45, 2.75) is 30.7 Å². The van der Waals surface area contributed by atoms with Crippen molar-refractivity contribution in [1.29, 1.82) is 0 Å². The number of piperazine rings is 1. The van der Waals surface area contributed by atoms with Gasteiger partial charge in [-0.2, -0.15) is 0 Å². The first-order valence-electron chi connectivity index (χ1n) is 11.4. The molecule has 0 radical (unpaired) electrons. The number of pyridine rings is 1. The van der Waals surface area contributed by atoms with Crippen LogP contribution in [0.4, 0.5) is 5.69 Å². The molecule has 3 aromatic rings. The summed E-state index contributed by atoms with van der Waals surface area (Å²) in [7, 11) is -3.82. The molecule has 1 aliphatic heterocycles. The van der Waals surface area contributed by atoms with Gasteiger partial charge in [0.05, 0.1) is 5.52 Å². The Morgan fingerprint density at radius 1 is 1.00 bits per heavy atom. The van der Waals surface area contributed by atoms with Gasteiger partial charge in [-0.3, -0.25) is 19.4 Å². The summed E-state index contributed by atoms with van der Waals surface area (Å²) < 4.78 is 28.6. The summed E-state index contributed by atoms with van der Waals surface area (Å²) >= 11 is 0. The molecule has 1 aromatic heterocycles. The maximum absolute atomic E-state index is 13.0. The van der Waals surface area contributed by atoms with Crippen LogP contribution in [0.5, 0.6) is 0 Å². The Morgan fingerprint density at radius 3 is 2.39 bits per heavy atom. The summed E-state index contributed by atoms with van der Waals surface area (Å²) in [5, 5.41) is 0.757. The molecule has 1 atom stereocenters. The molecule has 33 heavy (non-hydrogen) atoms. The number of sulfonamides is 1. The average Bonchev–Trinajstić information content (AvgIpc) is 3.69. The summed E-state index contributed by atoms with van der Waals surface area (Å²) in [6.45, 7) is 5.54. The van der Waals surface area contributed by atoms with Gasteiger partial charge < -0.3 is 4.90 Å². The lowest BCUT2D eigenvalue weighted by Gasteiger charge is -2.38. The van der Waals surface area contributed by atoms with Gasteiger partial charge in [-0.05, 0) is 62.1 Å². The molecule has 5 rings (SSSR count). The number of anilines is 1. The number of nitrogens with one attached hydrogen (secondary N) is 1. The van der Waals surface area contributed by atoms with Crippen LogP contribution in [0.3, 0.4) is 0 Å². The fourth-order valence-electron chi connectivity index (χ4n) is 4.58. The highest BCUT2D eigenvalue weighted by Crippen LogP contribution is 2.35. The van der Waals surface area contributed by atoms with Crippen molar-refractivity contribution in [2.75, 3.05) is 30.9 Å². The summed E-state index contributed by atoms with van der Waals surface area (Å²) in [6.07, 6.45) is 4.23. The normalized spacial score (nSPS) is 18.3. The van der Waals surface area contributed by atoms with Crippen molar-refractivity contribution in [2.24, 2.45) is 5.92 Å². The maximum atomic E-state index is 13.0. The van der Waals surface area contributed by atoms with Gasteiger partial charge in [0, 0.05) is 55.1 Å². The number of nitrogens with zero attached hydrogens (tertiary/aromatic N) is 3. The quantitative estimate of drug-likeness (QED) is 0.603. The van der Waals surface area contributed by atoms with E-state index in [1.807, 2.05) is 17.0 Å². The number of carbonyl (C=O) groups is 1. The molecule has 2 aromatic carbocycles. The fourth-order valence-corrected chi connectivity index (χ4v) is 5.81. The molecule has 7 nitrogen and oxygen atoms in total. The van der Waals surface area contributed by atoms with E-state index in [4.69, 9.17) is 0 Å². The molecule has 1 saturated heterocycles. The maximum Gasteiger partial charge on any atom is 0.264 e. The van der Waals surface area contributed by atoms with Crippen LogP contribution in [-0.2, 0) is 10.0 Å². The molecule has 2 aliphatic rings. The number of fused-ring (bicyclic) bond motifs is 1. The highest BCUT2D eigenvalue weighted by atomic mass is 32.2. The number of benzene rings is 2. The fraction of sp³-hybridized carbons (Fsp3) is 0.360. The molecular weight excluding hydrogens is 436 g/mol. The third-order valence-corrected chi connectivity index (χ3v) is 8.16. The molecule has 1 N–H and O–H groups in total. The smallest absolute Gasteiger partial charge is 0.264 e. The molecule has 1 unspecified atom stereocenters. The van der Waals surface area contributed by atoms with E-state index in [9.17, 15) is 13.2 Å². The summed E-state index contributed by atoms with van der Waals surface area (Å²) in [6, 6.07) is 15.9. The predicted octanol–water partition coefficient (Wildman–Crippen LogP) is 3.59. The molecular formula is C25H28N4O3S. The molecule has 2 heterocycles. The van der Waals surface area contributed by atoms with Crippen molar-refractivity contribution >= 4 is 32.5 Å². The first kappa shape index (κ1) is 21.9. The van der Waals surface area contributed by atoms with E-state index < -0.39 is 10.0 Å². The summed E-state index contributed by atoms with van der Waals surface area (Å²) in [5.41, 5.74) is 1.39. The van der Waals surface area contributed by atoms with E-state index in [-0.39, 0.29) is 10.8 Å². The Balaban J connectivity index is 1.25. The highest BCUT2D eigenvalue weighted by molar-refractivity contribution is 7.93.